The van der Waals surface area contributed by atoms with Crippen LogP contribution in [-0.4, -0.2) is 39.5 Å². The number of carboxylic acid groups (broad SMARTS) is 1. The molecule has 1 N–H and O–H groups in total. The van der Waals surface area contributed by atoms with E-state index in [1.165, 1.54) is 0 Å². The summed E-state index contributed by atoms with van der Waals surface area (Å²) in [5.74, 6) is -1.33. The quantitative estimate of drug-likeness (QED) is 0.945. The van der Waals surface area contributed by atoms with Gasteiger partial charge in [0.25, 0.3) is 0 Å². The van der Waals surface area contributed by atoms with Gasteiger partial charge in [-0.2, -0.15) is 0 Å². The van der Waals surface area contributed by atoms with Crippen LogP contribution in [0.2, 0.25) is 5.02 Å². The molecule has 1 saturated heterocycles. The van der Waals surface area contributed by atoms with Gasteiger partial charge in [0.15, 0.2) is 0 Å². The summed E-state index contributed by atoms with van der Waals surface area (Å²) >= 11 is 6.01. The second-order valence-electron chi connectivity index (χ2n) is 5.66. The maximum atomic E-state index is 12.4. The van der Waals surface area contributed by atoms with E-state index in [9.17, 15) is 9.59 Å². The van der Waals surface area contributed by atoms with Gasteiger partial charge >= 0.3 is 5.97 Å². The van der Waals surface area contributed by atoms with Crippen molar-refractivity contribution in [3.8, 4) is 0 Å². The minimum atomic E-state index is -0.823. The first kappa shape index (κ1) is 14.9. The second-order valence-corrected chi connectivity index (χ2v) is 6.10. The second kappa shape index (κ2) is 6.01. The summed E-state index contributed by atoms with van der Waals surface area (Å²) in [6.07, 6.45) is 3.24. The lowest BCUT2D eigenvalue weighted by molar-refractivity contribution is -0.145. The van der Waals surface area contributed by atoms with E-state index in [1.807, 2.05) is 35.0 Å². The average molecular weight is 321 g/mol. The van der Waals surface area contributed by atoms with Gasteiger partial charge in [-0.1, -0.05) is 17.7 Å². The highest BCUT2D eigenvalue weighted by atomic mass is 35.5. The van der Waals surface area contributed by atoms with Crippen molar-refractivity contribution in [2.45, 2.75) is 19.4 Å². The van der Waals surface area contributed by atoms with Crippen LogP contribution in [0.3, 0.4) is 0 Å². The summed E-state index contributed by atoms with van der Waals surface area (Å²) < 4.78 is 1.86. The van der Waals surface area contributed by atoms with Crippen LogP contribution >= 0.6 is 11.6 Å². The average Bonchev–Trinajstić information content (AvgIpc) is 2.89. The Morgan fingerprint density at radius 1 is 1.32 bits per heavy atom. The molecular formula is C16H17ClN2O3. The molecule has 1 aromatic carbocycles. The third kappa shape index (κ3) is 2.95. The molecule has 0 spiro atoms. The molecule has 1 aliphatic heterocycles. The Balaban J connectivity index is 1.75. The van der Waals surface area contributed by atoms with E-state index in [4.69, 9.17) is 16.7 Å². The smallest absolute Gasteiger partial charge is 0.308 e. The minimum Gasteiger partial charge on any atom is -0.481 e. The molecule has 1 amide bonds. The number of rotatable bonds is 3. The van der Waals surface area contributed by atoms with E-state index in [0.29, 0.717) is 24.5 Å². The molecule has 0 saturated carbocycles. The standard InChI is InChI=1S/C16H17ClN2O3/c17-13-4-3-11-5-7-18(14(11)8-13)10-15(20)19-6-1-2-12(9-19)16(21)22/h3-5,7-8,12H,1-2,6,9-10H2,(H,21,22)/t12-/m1/s1. The summed E-state index contributed by atoms with van der Waals surface area (Å²) in [6, 6.07) is 7.51. The number of benzene rings is 1. The highest BCUT2D eigenvalue weighted by Crippen LogP contribution is 2.22. The van der Waals surface area contributed by atoms with Crippen LogP contribution in [0.25, 0.3) is 10.9 Å². The molecule has 6 heteroatoms. The molecule has 0 aliphatic carbocycles. The van der Waals surface area contributed by atoms with E-state index >= 15 is 0 Å². The highest BCUT2D eigenvalue weighted by Gasteiger charge is 2.28. The Kier molecular flexibility index (Phi) is 4.07. The Labute approximate surface area is 133 Å². The van der Waals surface area contributed by atoms with Crippen molar-refractivity contribution in [3.05, 3.63) is 35.5 Å². The monoisotopic (exact) mass is 320 g/mol. The molecule has 1 fully saturated rings. The van der Waals surface area contributed by atoms with E-state index in [1.54, 1.807) is 4.90 Å². The lowest BCUT2D eigenvalue weighted by Gasteiger charge is -2.30. The lowest BCUT2D eigenvalue weighted by Crippen LogP contribution is -2.43. The van der Waals surface area contributed by atoms with Gasteiger partial charge in [0.1, 0.15) is 6.54 Å². The number of aromatic nitrogens is 1. The fourth-order valence-electron chi connectivity index (χ4n) is 2.95. The highest BCUT2D eigenvalue weighted by molar-refractivity contribution is 6.31. The van der Waals surface area contributed by atoms with Crippen LogP contribution in [0.5, 0.6) is 0 Å². The summed E-state index contributed by atoms with van der Waals surface area (Å²) in [5.41, 5.74) is 0.910. The van der Waals surface area contributed by atoms with E-state index < -0.39 is 11.9 Å². The van der Waals surface area contributed by atoms with Crippen LogP contribution in [0.4, 0.5) is 0 Å². The first-order valence-electron chi connectivity index (χ1n) is 7.29. The van der Waals surface area contributed by atoms with Gasteiger partial charge in [-0.3, -0.25) is 9.59 Å². The molecule has 22 heavy (non-hydrogen) atoms. The number of piperidine rings is 1. The van der Waals surface area contributed by atoms with Gasteiger partial charge in [0, 0.05) is 29.8 Å². The van der Waals surface area contributed by atoms with Crippen molar-refractivity contribution >= 4 is 34.4 Å². The Morgan fingerprint density at radius 3 is 2.91 bits per heavy atom. The van der Waals surface area contributed by atoms with Crippen LogP contribution in [0.15, 0.2) is 30.5 Å². The van der Waals surface area contributed by atoms with Gasteiger partial charge in [-0.05, 0) is 36.4 Å². The predicted molar refractivity (Wildman–Crippen MR) is 83.9 cm³/mol. The largest absolute Gasteiger partial charge is 0.481 e. The predicted octanol–water partition coefficient (Wildman–Crippen LogP) is 2.62. The number of likely N-dealkylation sites (tertiary alicyclic amines) is 1. The minimum absolute atomic E-state index is 0.0524. The summed E-state index contributed by atoms with van der Waals surface area (Å²) in [5, 5.41) is 10.8. The molecule has 3 rings (SSSR count). The van der Waals surface area contributed by atoms with Gasteiger partial charge < -0.3 is 14.6 Å². The summed E-state index contributed by atoms with van der Waals surface area (Å²) in [6.45, 7) is 1.13. The number of nitrogens with zero attached hydrogens (tertiary/aromatic N) is 2. The van der Waals surface area contributed by atoms with Crippen molar-refractivity contribution < 1.29 is 14.7 Å². The molecular weight excluding hydrogens is 304 g/mol. The molecule has 1 atom stereocenters. The van der Waals surface area contributed by atoms with E-state index in [-0.39, 0.29) is 12.5 Å². The zero-order chi connectivity index (χ0) is 15.7. The Morgan fingerprint density at radius 2 is 2.14 bits per heavy atom. The van der Waals surface area contributed by atoms with E-state index in [2.05, 4.69) is 0 Å². The fraction of sp³-hybridized carbons (Fsp3) is 0.375. The van der Waals surface area contributed by atoms with Crippen LogP contribution < -0.4 is 0 Å². The molecule has 2 heterocycles. The molecule has 2 aromatic rings. The summed E-state index contributed by atoms with van der Waals surface area (Å²) in [7, 11) is 0. The first-order chi connectivity index (χ1) is 10.5. The van der Waals surface area contributed by atoms with Gasteiger partial charge in [-0.15, -0.1) is 0 Å². The maximum Gasteiger partial charge on any atom is 0.308 e. The first-order valence-corrected chi connectivity index (χ1v) is 7.67. The molecule has 5 nitrogen and oxygen atoms in total. The zero-order valence-electron chi connectivity index (χ0n) is 12.0. The molecule has 0 bridgehead atoms. The number of amides is 1. The molecule has 116 valence electrons. The SMILES string of the molecule is O=C(O)[C@@H]1CCCN(C(=O)Cn2ccc3ccc(Cl)cc32)C1. The van der Waals surface area contributed by atoms with E-state index in [0.717, 1.165) is 17.3 Å². The van der Waals surface area contributed by atoms with Gasteiger partial charge in [-0.25, -0.2) is 0 Å². The number of hydrogen-bond donors (Lipinski definition) is 1. The third-order valence-corrected chi connectivity index (χ3v) is 4.40. The molecule has 1 aliphatic rings. The van der Waals surface area contributed by atoms with Crippen molar-refractivity contribution in [1.82, 2.24) is 9.47 Å². The van der Waals surface area contributed by atoms with Crippen LogP contribution in [-0.2, 0) is 16.1 Å². The lowest BCUT2D eigenvalue weighted by atomic mass is 9.98. The van der Waals surface area contributed by atoms with Crippen molar-refractivity contribution in [1.29, 1.82) is 0 Å². The molecule has 1 aromatic heterocycles. The third-order valence-electron chi connectivity index (χ3n) is 4.16. The van der Waals surface area contributed by atoms with Gasteiger partial charge in [0.05, 0.1) is 5.92 Å². The number of hydrogen-bond acceptors (Lipinski definition) is 2. The van der Waals surface area contributed by atoms with Crippen molar-refractivity contribution in [2.75, 3.05) is 13.1 Å². The van der Waals surface area contributed by atoms with Crippen LogP contribution in [0, 0.1) is 5.92 Å². The fourth-order valence-corrected chi connectivity index (χ4v) is 3.11. The van der Waals surface area contributed by atoms with Gasteiger partial charge in [0.2, 0.25) is 5.91 Å². The van der Waals surface area contributed by atoms with Crippen LogP contribution in [0.1, 0.15) is 12.8 Å². The summed E-state index contributed by atoms with van der Waals surface area (Å²) in [4.78, 5) is 25.2. The normalized spacial score (nSPS) is 18.6. The molecule has 0 radical (unpaired) electrons. The number of carbonyl (C=O) groups excluding carboxylic acids is 1. The maximum absolute atomic E-state index is 12.4. The number of halogens is 1. The van der Waals surface area contributed by atoms with Crippen molar-refractivity contribution in [2.24, 2.45) is 5.92 Å². The Hall–Kier alpha value is -2.01. The number of aliphatic carboxylic acids is 1. The molecule has 0 unspecified atom stereocenters. The number of carbonyl (C=O) groups is 2. The zero-order valence-corrected chi connectivity index (χ0v) is 12.8. The number of fused-ring (bicyclic) bond motifs is 1. The topological polar surface area (TPSA) is 62.5 Å². The number of carboxylic acids is 1. The Bertz CT molecular complexity index is 725. The van der Waals surface area contributed by atoms with Crippen molar-refractivity contribution in [3.63, 3.8) is 0 Å².